The highest BCUT2D eigenvalue weighted by molar-refractivity contribution is 5.97. The molecule has 0 aliphatic heterocycles. The number of nitriles is 1. The van der Waals surface area contributed by atoms with Crippen molar-refractivity contribution in [2.24, 2.45) is 0 Å². The molecule has 0 radical (unpaired) electrons. The Labute approximate surface area is 128 Å². The summed E-state index contributed by atoms with van der Waals surface area (Å²) < 4.78 is 1.66. The van der Waals surface area contributed by atoms with E-state index in [9.17, 15) is 10.1 Å². The number of hydrogen-bond donors (Lipinski definition) is 0. The molecule has 1 aromatic heterocycles. The quantitative estimate of drug-likeness (QED) is 0.691. The van der Waals surface area contributed by atoms with E-state index in [4.69, 9.17) is 0 Å². The molecule has 0 atom stereocenters. The lowest BCUT2D eigenvalue weighted by Gasteiger charge is -2.07. The number of aromatic nitrogens is 2. The molecule has 106 valence electrons. The van der Waals surface area contributed by atoms with E-state index in [2.05, 4.69) is 11.2 Å². The summed E-state index contributed by atoms with van der Waals surface area (Å²) in [6.45, 7) is 1.42. The molecule has 4 nitrogen and oxygen atoms in total. The Morgan fingerprint density at radius 2 is 1.64 bits per heavy atom. The molecule has 3 rings (SSSR count). The van der Waals surface area contributed by atoms with E-state index < -0.39 is 0 Å². The molecule has 0 bridgehead atoms. The Hall–Kier alpha value is -3.19. The van der Waals surface area contributed by atoms with Gasteiger partial charge in [0.05, 0.1) is 11.4 Å². The molecule has 0 aliphatic rings. The Balaban J connectivity index is 2.35. The van der Waals surface area contributed by atoms with Gasteiger partial charge >= 0.3 is 0 Å². The van der Waals surface area contributed by atoms with Crippen molar-refractivity contribution in [1.82, 2.24) is 9.78 Å². The van der Waals surface area contributed by atoms with Crippen LogP contribution in [0.3, 0.4) is 0 Å². The summed E-state index contributed by atoms with van der Waals surface area (Å²) in [5.74, 6) is -0.219. The third-order valence-electron chi connectivity index (χ3n) is 3.38. The average Bonchev–Trinajstić information content (AvgIpc) is 2.96. The van der Waals surface area contributed by atoms with Crippen LogP contribution in [-0.4, -0.2) is 15.6 Å². The second-order valence-corrected chi connectivity index (χ2v) is 4.85. The first-order chi connectivity index (χ1) is 10.7. The van der Waals surface area contributed by atoms with E-state index in [1.165, 1.54) is 6.92 Å². The standard InChI is InChI=1S/C18H13N3O/c1-13(22)17-16(12-19)18(14-8-4-2-5-9-14)21(20-17)15-10-6-3-7-11-15/h2-11H,1H3. The third kappa shape index (κ3) is 2.29. The first kappa shape index (κ1) is 13.8. The van der Waals surface area contributed by atoms with Crippen molar-refractivity contribution in [2.75, 3.05) is 0 Å². The minimum atomic E-state index is -0.219. The van der Waals surface area contributed by atoms with Gasteiger partial charge in [-0.2, -0.15) is 10.4 Å². The first-order valence-corrected chi connectivity index (χ1v) is 6.87. The van der Waals surface area contributed by atoms with Crippen LogP contribution >= 0.6 is 0 Å². The SMILES string of the molecule is CC(=O)c1nn(-c2ccccc2)c(-c2ccccc2)c1C#N. The number of nitrogens with zero attached hydrogens (tertiary/aromatic N) is 3. The number of hydrogen-bond acceptors (Lipinski definition) is 3. The largest absolute Gasteiger partial charge is 0.293 e. The van der Waals surface area contributed by atoms with E-state index >= 15 is 0 Å². The van der Waals surface area contributed by atoms with Crippen LogP contribution in [0.25, 0.3) is 16.9 Å². The molecule has 0 N–H and O–H groups in total. The molecule has 0 spiro atoms. The lowest BCUT2D eigenvalue weighted by molar-refractivity contribution is 0.101. The van der Waals surface area contributed by atoms with Gasteiger partial charge < -0.3 is 0 Å². The van der Waals surface area contributed by atoms with Gasteiger partial charge in [-0.15, -0.1) is 0 Å². The molecule has 0 aliphatic carbocycles. The monoisotopic (exact) mass is 287 g/mol. The molecule has 3 aromatic rings. The number of para-hydroxylation sites is 1. The van der Waals surface area contributed by atoms with Crippen molar-refractivity contribution in [3.63, 3.8) is 0 Å². The van der Waals surface area contributed by atoms with Gasteiger partial charge in [-0.05, 0) is 12.1 Å². The molecular weight excluding hydrogens is 274 g/mol. The zero-order valence-corrected chi connectivity index (χ0v) is 12.0. The van der Waals surface area contributed by atoms with Crippen LogP contribution in [0.4, 0.5) is 0 Å². The van der Waals surface area contributed by atoms with Crippen molar-refractivity contribution in [1.29, 1.82) is 5.26 Å². The topological polar surface area (TPSA) is 58.7 Å². The summed E-state index contributed by atoms with van der Waals surface area (Å²) in [7, 11) is 0. The van der Waals surface area contributed by atoms with Gasteiger partial charge in [0, 0.05) is 12.5 Å². The molecule has 0 amide bonds. The number of Topliss-reactive ketones (excluding diaryl/α,β-unsaturated/α-hetero) is 1. The van der Waals surface area contributed by atoms with E-state index in [1.54, 1.807) is 4.68 Å². The Kier molecular flexibility index (Phi) is 3.55. The predicted octanol–water partition coefficient (Wildman–Crippen LogP) is 3.61. The Bertz CT molecular complexity index is 859. The molecule has 0 unspecified atom stereocenters. The van der Waals surface area contributed by atoms with Gasteiger partial charge in [-0.3, -0.25) is 4.79 Å². The highest BCUT2D eigenvalue weighted by Gasteiger charge is 2.22. The van der Waals surface area contributed by atoms with Crippen LogP contribution in [0.5, 0.6) is 0 Å². The van der Waals surface area contributed by atoms with Crippen molar-refractivity contribution >= 4 is 5.78 Å². The zero-order chi connectivity index (χ0) is 15.5. The van der Waals surface area contributed by atoms with Gasteiger partial charge in [0.1, 0.15) is 17.3 Å². The van der Waals surface area contributed by atoms with Crippen LogP contribution in [-0.2, 0) is 0 Å². The van der Waals surface area contributed by atoms with Gasteiger partial charge in [-0.25, -0.2) is 4.68 Å². The van der Waals surface area contributed by atoms with Crippen LogP contribution in [0.15, 0.2) is 60.7 Å². The van der Waals surface area contributed by atoms with Crippen LogP contribution in [0, 0.1) is 11.3 Å². The molecule has 1 heterocycles. The highest BCUT2D eigenvalue weighted by Crippen LogP contribution is 2.28. The number of carbonyl (C=O) groups excluding carboxylic acids is 1. The van der Waals surface area contributed by atoms with E-state index in [-0.39, 0.29) is 11.5 Å². The molecule has 0 fully saturated rings. The highest BCUT2D eigenvalue weighted by atomic mass is 16.1. The summed E-state index contributed by atoms with van der Waals surface area (Å²) >= 11 is 0. The Morgan fingerprint density at radius 1 is 1.05 bits per heavy atom. The molecular formula is C18H13N3O. The van der Waals surface area contributed by atoms with Gasteiger partial charge in [0.15, 0.2) is 5.78 Å². The van der Waals surface area contributed by atoms with Gasteiger partial charge in [0.25, 0.3) is 0 Å². The van der Waals surface area contributed by atoms with Crippen molar-refractivity contribution in [3.8, 4) is 23.0 Å². The van der Waals surface area contributed by atoms with Crippen LogP contribution < -0.4 is 0 Å². The summed E-state index contributed by atoms with van der Waals surface area (Å²) in [6.07, 6.45) is 0. The smallest absolute Gasteiger partial charge is 0.181 e. The van der Waals surface area contributed by atoms with E-state index in [1.807, 2.05) is 60.7 Å². The number of ketones is 1. The summed E-state index contributed by atoms with van der Waals surface area (Å²) in [5, 5.41) is 13.9. The first-order valence-electron chi connectivity index (χ1n) is 6.87. The number of carbonyl (C=O) groups is 1. The lowest BCUT2D eigenvalue weighted by atomic mass is 10.0. The van der Waals surface area contributed by atoms with Crippen molar-refractivity contribution < 1.29 is 4.79 Å². The van der Waals surface area contributed by atoms with Crippen molar-refractivity contribution in [2.45, 2.75) is 6.92 Å². The van der Waals surface area contributed by atoms with Crippen LogP contribution in [0.2, 0.25) is 0 Å². The summed E-state index contributed by atoms with van der Waals surface area (Å²) in [6, 6.07) is 21.1. The van der Waals surface area contributed by atoms with Gasteiger partial charge in [-0.1, -0.05) is 48.5 Å². The van der Waals surface area contributed by atoms with Gasteiger partial charge in [0.2, 0.25) is 0 Å². The van der Waals surface area contributed by atoms with E-state index in [0.717, 1.165) is 11.3 Å². The number of rotatable bonds is 3. The predicted molar refractivity (Wildman–Crippen MR) is 83.7 cm³/mol. The van der Waals surface area contributed by atoms with E-state index in [0.29, 0.717) is 11.3 Å². The normalized spacial score (nSPS) is 10.2. The molecule has 0 saturated heterocycles. The minimum absolute atomic E-state index is 0.199. The fourth-order valence-corrected chi connectivity index (χ4v) is 2.39. The van der Waals surface area contributed by atoms with Crippen LogP contribution in [0.1, 0.15) is 23.0 Å². The zero-order valence-electron chi connectivity index (χ0n) is 12.0. The number of benzene rings is 2. The molecule has 22 heavy (non-hydrogen) atoms. The maximum absolute atomic E-state index is 11.8. The second kappa shape index (κ2) is 5.66. The molecule has 0 saturated carbocycles. The molecule has 4 heteroatoms. The summed E-state index contributed by atoms with van der Waals surface area (Å²) in [4.78, 5) is 11.8. The Morgan fingerprint density at radius 3 is 2.18 bits per heavy atom. The maximum atomic E-state index is 11.8. The fourth-order valence-electron chi connectivity index (χ4n) is 2.39. The third-order valence-corrected chi connectivity index (χ3v) is 3.38. The maximum Gasteiger partial charge on any atom is 0.181 e. The summed E-state index contributed by atoms with van der Waals surface area (Å²) in [5.41, 5.74) is 2.81. The molecule has 2 aromatic carbocycles. The van der Waals surface area contributed by atoms with Crippen molar-refractivity contribution in [3.05, 3.63) is 71.9 Å². The lowest BCUT2D eigenvalue weighted by Crippen LogP contribution is -2.00. The average molecular weight is 287 g/mol. The minimum Gasteiger partial charge on any atom is -0.293 e. The fraction of sp³-hybridized carbons (Fsp3) is 0.0556. The second-order valence-electron chi connectivity index (χ2n) is 4.85.